The topological polar surface area (TPSA) is 109 Å². The molecule has 0 saturated heterocycles. The highest BCUT2D eigenvalue weighted by molar-refractivity contribution is 5.83. The van der Waals surface area contributed by atoms with Gasteiger partial charge in [-0.15, -0.1) is 0 Å². The normalized spacial score (nSPS) is 10.4. The van der Waals surface area contributed by atoms with E-state index in [0.717, 1.165) is 5.56 Å². The maximum atomic E-state index is 9.88. The van der Waals surface area contributed by atoms with Crippen LogP contribution in [0.3, 0.4) is 0 Å². The van der Waals surface area contributed by atoms with Gasteiger partial charge in [-0.05, 0) is 29.8 Å². The Balaban J connectivity index is 2.25. The van der Waals surface area contributed by atoms with Crippen molar-refractivity contribution in [2.24, 2.45) is 0 Å². The first kappa shape index (κ1) is 19.1. The number of anilines is 1. The molecule has 3 N–H and O–H groups in total. The number of phenols is 1. The predicted molar refractivity (Wildman–Crippen MR) is 105 cm³/mol. The summed E-state index contributed by atoms with van der Waals surface area (Å²) < 4.78 is 21.5. The van der Waals surface area contributed by atoms with E-state index in [4.69, 9.17) is 24.7 Å². The van der Waals surface area contributed by atoms with Crippen molar-refractivity contribution < 1.29 is 24.1 Å². The van der Waals surface area contributed by atoms with Gasteiger partial charge in [0, 0.05) is 17.3 Å². The molecule has 0 saturated carbocycles. The minimum atomic E-state index is 0.0388. The van der Waals surface area contributed by atoms with Crippen LogP contribution in [0.25, 0.3) is 22.4 Å². The Kier molecular flexibility index (Phi) is 5.39. The van der Waals surface area contributed by atoms with Crippen LogP contribution in [0, 0.1) is 0 Å². The van der Waals surface area contributed by atoms with E-state index in [0.29, 0.717) is 39.8 Å². The fraction of sp³-hybridized carbons (Fsp3) is 0.200. The molecular weight excluding hydrogens is 362 g/mol. The Morgan fingerprint density at radius 3 is 2.00 bits per heavy atom. The van der Waals surface area contributed by atoms with Crippen LogP contribution < -0.4 is 24.7 Å². The highest BCUT2D eigenvalue weighted by Crippen LogP contribution is 2.43. The number of hydrogen-bond donors (Lipinski definition) is 2. The molecule has 3 rings (SSSR count). The van der Waals surface area contributed by atoms with Crippen molar-refractivity contribution in [2.45, 2.75) is 0 Å². The van der Waals surface area contributed by atoms with Crippen molar-refractivity contribution >= 4 is 5.95 Å². The van der Waals surface area contributed by atoms with Crippen LogP contribution in [0.5, 0.6) is 28.7 Å². The van der Waals surface area contributed by atoms with Crippen molar-refractivity contribution in [3.8, 4) is 51.1 Å². The molecule has 146 valence electrons. The molecule has 0 atom stereocenters. The molecule has 0 aliphatic heterocycles. The zero-order valence-electron chi connectivity index (χ0n) is 16.0. The Morgan fingerprint density at radius 1 is 0.821 bits per heavy atom. The number of phenolic OH excluding ortho intramolecular Hbond substituents is 1. The van der Waals surface area contributed by atoms with E-state index in [9.17, 15) is 5.11 Å². The molecule has 0 unspecified atom stereocenters. The third kappa shape index (κ3) is 3.44. The minimum Gasteiger partial charge on any atom is -0.504 e. The molecule has 0 aliphatic rings. The summed E-state index contributed by atoms with van der Waals surface area (Å²) in [5, 5.41) is 9.88. The standard InChI is InChI=1S/C20H21N3O5/c1-25-15-7-11(5-6-14(15)24)13-10-22-20(21)23-18(13)12-8-16(26-2)19(28-4)17(9-12)27-3/h5-10,24H,1-4H3,(H2,21,22,23). The summed E-state index contributed by atoms with van der Waals surface area (Å²) >= 11 is 0. The van der Waals surface area contributed by atoms with Crippen molar-refractivity contribution in [1.82, 2.24) is 9.97 Å². The Labute approximate surface area is 162 Å². The van der Waals surface area contributed by atoms with Crippen LogP contribution in [0.4, 0.5) is 5.95 Å². The summed E-state index contributed by atoms with van der Waals surface area (Å²) in [5.41, 5.74) is 8.56. The molecule has 3 aromatic rings. The zero-order valence-corrected chi connectivity index (χ0v) is 16.0. The van der Waals surface area contributed by atoms with E-state index in [1.54, 1.807) is 50.7 Å². The molecular formula is C20H21N3O5. The van der Waals surface area contributed by atoms with Gasteiger partial charge in [0.1, 0.15) is 0 Å². The quantitative estimate of drug-likeness (QED) is 0.668. The van der Waals surface area contributed by atoms with E-state index in [2.05, 4.69) is 9.97 Å². The first-order valence-electron chi connectivity index (χ1n) is 8.32. The Morgan fingerprint density at radius 2 is 1.43 bits per heavy atom. The van der Waals surface area contributed by atoms with E-state index >= 15 is 0 Å². The molecule has 28 heavy (non-hydrogen) atoms. The number of benzene rings is 2. The average Bonchev–Trinajstić information content (AvgIpc) is 2.73. The number of aromatic nitrogens is 2. The smallest absolute Gasteiger partial charge is 0.220 e. The van der Waals surface area contributed by atoms with Crippen molar-refractivity contribution in [1.29, 1.82) is 0 Å². The van der Waals surface area contributed by atoms with Gasteiger partial charge in [0.05, 0.1) is 34.1 Å². The van der Waals surface area contributed by atoms with E-state index in [-0.39, 0.29) is 11.7 Å². The maximum absolute atomic E-state index is 9.88. The lowest BCUT2D eigenvalue weighted by Gasteiger charge is -2.16. The fourth-order valence-electron chi connectivity index (χ4n) is 2.89. The van der Waals surface area contributed by atoms with Crippen LogP contribution in [0.15, 0.2) is 36.5 Å². The number of rotatable bonds is 6. The number of nitrogens with two attached hydrogens (primary N) is 1. The highest BCUT2D eigenvalue weighted by atomic mass is 16.5. The van der Waals surface area contributed by atoms with Crippen LogP contribution in [0.2, 0.25) is 0 Å². The second-order valence-electron chi connectivity index (χ2n) is 5.79. The van der Waals surface area contributed by atoms with Gasteiger partial charge < -0.3 is 29.8 Å². The molecule has 0 radical (unpaired) electrons. The maximum Gasteiger partial charge on any atom is 0.220 e. The van der Waals surface area contributed by atoms with Crippen LogP contribution in [0.1, 0.15) is 0 Å². The molecule has 0 spiro atoms. The highest BCUT2D eigenvalue weighted by Gasteiger charge is 2.18. The summed E-state index contributed by atoms with van der Waals surface area (Å²) in [4.78, 5) is 8.53. The molecule has 1 aromatic heterocycles. The van der Waals surface area contributed by atoms with Gasteiger partial charge in [0.15, 0.2) is 23.0 Å². The van der Waals surface area contributed by atoms with Crippen LogP contribution in [-0.4, -0.2) is 43.5 Å². The molecule has 0 bridgehead atoms. The Hall–Kier alpha value is -3.68. The lowest BCUT2D eigenvalue weighted by molar-refractivity contribution is 0.324. The molecule has 0 amide bonds. The van der Waals surface area contributed by atoms with Gasteiger partial charge in [0.25, 0.3) is 0 Å². The molecule has 2 aromatic carbocycles. The largest absolute Gasteiger partial charge is 0.504 e. The SMILES string of the molecule is COc1cc(-c2cnc(N)nc2-c2cc(OC)c(OC)c(OC)c2)ccc1O. The molecule has 0 fully saturated rings. The number of aromatic hydroxyl groups is 1. The van der Waals surface area contributed by atoms with E-state index in [1.807, 2.05) is 0 Å². The lowest BCUT2D eigenvalue weighted by Crippen LogP contribution is -2.00. The van der Waals surface area contributed by atoms with Crippen molar-refractivity contribution in [2.75, 3.05) is 34.2 Å². The summed E-state index contributed by atoms with van der Waals surface area (Å²) in [7, 11) is 6.11. The van der Waals surface area contributed by atoms with Crippen LogP contribution in [-0.2, 0) is 0 Å². The summed E-state index contributed by atoms with van der Waals surface area (Å²) in [6.45, 7) is 0. The van der Waals surface area contributed by atoms with Gasteiger partial charge >= 0.3 is 0 Å². The molecule has 0 aliphatic carbocycles. The van der Waals surface area contributed by atoms with Crippen LogP contribution >= 0.6 is 0 Å². The summed E-state index contributed by atoms with van der Waals surface area (Å²) in [6, 6.07) is 8.55. The molecule has 8 nitrogen and oxygen atoms in total. The number of nitrogens with zero attached hydrogens (tertiary/aromatic N) is 2. The first-order chi connectivity index (χ1) is 13.5. The number of nitrogen functional groups attached to an aromatic ring is 1. The van der Waals surface area contributed by atoms with Gasteiger partial charge in [-0.3, -0.25) is 0 Å². The fourth-order valence-corrected chi connectivity index (χ4v) is 2.89. The summed E-state index contributed by atoms with van der Waals surface area (Å²) in [5.74, 6) is 1.95. The number of methoxy groups -OCH3 is 4. The third-order valence-electron chi connectivity index (χ3n) is 4.24. The van der Waals surface area contributed by atoms with Gasteiger partial charge in [0.2, 0.25) is 11.7 Å². The number of ether oxygens (including phenoxy) is 4. The van der Waals surface area contributed by atoms with Gasteiger partial charge in [-0.25, -0.2) is 9.97 Å². The zero-order chi connectivity index (χ0) is 20.3. The predicted octanol–water partition coefficient (Wildman–Crippen LogP) is 3.13. The third-order valence-corrected chi connectivity index (χ3v) is 4.24. The second kappa shape index (κ2) is 7.91. The van der Waals surface area contributed by atoms with Gasteiger partial charge in [-0.2, -0.15) is 0 Å². The van der Waals surface area contributed by atoms with Crippen molar-refractivity contribution in [3.05, 3.63) is 36.5 Å². The average molecular weight is 383 g/mol. The Bertz CT molecular complexity index is 982. The molecule has 8 heteroatoms. The summed E-state index contributed by atoms with van der Waals surface area (Å²) in [6.07, 6.45) is 1.62. The monoisotopic (exact) mass is 383 g/mol. The van der Waals surface area contributed by atoms with E-state index in [1.165, 1.54) is 14.2 Å². The van der Waals surface area contributed by atoms with Gasteiger partial charge in [-0.1, -0.05) is 6.07 Å². The lowest BCUT2D eigenvalue weighted by atomic mass is 9.99. The first-order valence-corrected chi connectivity index (χ1v) is 8.32. The second-order valence-corrected chi connectivity index (χ2v) is 5.79. The number of hydrogen-bond acceptors (Lipinski definition) is 8. The van der Waals surface area contributed by atoms with E-state index < -0.39 is 0 Å². The molecule has 1 heterocycles. The van der Waals surface area contributed by atoms with Crippen molar-refractivity contribution in [3.63, 3.8) is 0 Å². The minimum absolute atomic E-state index is 0.0388.